The van der Waals surface area contributed by atoms with Crippen molar-refractivity contribution in [3.05, 3.63) is 83.6 Å². The monoisotopic (exact) mass is 406 g/mol. The number of hydrogen-bond donors (Lipinski definition) is 1. The lowest BCUT2D eigenvalue weighted by atomic mass is 10.0. The zero-order valence-electron chi connectivity index (χ0n) is 16.4. The Labute approximate surface area is 174 Å². The van der Waals surface area contributed by atoms with Gasteiger partial charge in [-0.25, -0.2) is 0 Å². The van der Waals surface area contributed by atoms with Gasteiger partial charge in [0, 0.05) is 12.7 Å². The first-order chi connectivity index (χ1) is 14.3. The summed E-state index contributed by atoms with van der Waals surface area (Å²) in [6, 6.07) is 23.2. The summed E-state index contributed by atoms with van der Waals surface area (Å²) < 4.78 is 11.2. The molecule has 2 heterocycles. The Balaban J connectivity index is 1.44. The molecule has 1 unspecified atom stereocenters. The van der Waals surface area contributed by atoms with Gasteiger partial charge >= 0.3 is 0 Å². The van der Waals surface area contributed by atoms with E-state index in [-0.39, 0.29) is 0 Å². The topological polar surface area (TPSA) is 52.6 Å². The van der Waals surface area contributed by atoms with Gasteiger partial charge in [-0.15, -0.1) is 21.5 Å². The molecule has 1 N–H and O–H groups in total. The van der Waals surface area contributed by atoms with Gasteiger partial charge < -0.3 is 14.1 Å². The Bertz CT molecular complexity index is 998. The van der Waals surface area contributed by atoms with Crippen molar-refractivity contribution in [3.8, 4) is 21.9 Å². The zero-order valence-corrected chi connectivity index (χ0v) is 17.2. The van der Waals surface area contributed by atoms with Crippen LogP contribution >= 0.6 is 11.3 Å². The Morgan fingerprint density at radius 2 is 1.69 bits per heavy atom. The van der Waals surface area contributed by atoms with Crippen LogP contribution in [-0.4, -0.2) is 30.5 Å². The second kappa shape index (κ2) is 9.60. The standard InChI is InChI=1S/C23H23N3O2S/c1-27-14-13-26(17-22-24-25-23(28-22)21-8-5-15-29-21)16-18-9-11-20(12-10-18)19-6-3-2-4-7-19/h2-12,15H,13-14,16-17H2,1H3/p+1. The number of hydrogen-bond acceptors (Lipinski definition) is 5. The van der Waals surface area contributed by atoms with Crippen LogP contribution in [0.2, 0.25) is 0 Å². The van der Waals surface area contributed by atoms with Crippen molar-refractivity contribution in [1.82, 2.24) is 10.2 Å². The second-order valence-electron chi connectivity index (χ2n) is 6.89. The Kier molecular flexibility index (Phi) is 6.46. The average molecular weight is 407 g/mol. The minimum atomic E-state index is 0.591. The van der Waals surface area contributed by atoms with Gasteiger partial charge in [-0.1, -0.05) is 60.7 Å². The molecule has 0 saturated heterocycles. The maximum absolute atomic E-state index is 5.88. The van der Waals surface area contributed by atoms with E-state index >= 15 is 0 Å². The third kappa shape index (κ3) is 5.17. The molecule has 0 aliphatic carbocycles. The van der Waals surface area contributed by atoms with Gasteiger partial charge in [-0.3, -0.25) is 0 Å². The first-order valence-corrected chi connectivity index (χ1v) is 10.5. The smallest absolute Gasteiger partial charge is 0.271 e. The molecule has 4 aromatic rings. The molecule has 2 aromatic heterocycles. The molecule has 4 rings (SSSR count). The molecule has 0 spiro atoms. The largest absolute Gasteiger partial charge is 0.414 e. The summed E-state index contributed by atoms with van der Waals surface area (Å²) in [5, 5.41) is 10.4. The highest BCUT2D eigenvalue weighted by Crippen LogP contribution is 2.22. The van der Waals surface area contributed by atoms with Crippen molar-refractivity contribution in [2.45, 2.75) is 13.1 Å². The van der Waals surface area contributed by atoms with Crippen molar-refractivity contribution in [1.29, 1.82) is 0 Å². The van der Waals surface area contributed by atoms with Gasteiger partial charge in [0.05, 0.1) is 11.5 Å². The highest BCUT2D eigenvalue weighted by molar-refractivity contribution is 7.13. The molecule has 0 aliphatic heterocycles. The minimum absolute atomic E-state index is 0.591. The molecule has 0 radical (unpaired) electrons. The highest BCUT2D eigenvalue weighted by Gasteiger charge is 2.17. The Hall–Kier alpha value is -2.80. The molecule has 1 atom stereocenters. The molecule has 0 saturated carbocycles. The fourth-order valence-corrected chi connectivity index (χ4v) is 3.90. The lowest BCUT2D eigenvalue weighted by molar-refractivity contribution is -0.929. The van der Waals surface area contributed by atoms with Crippen molar-refractivity contribution in [3.63, 3.8) is 0 Å². The van der Waals surface area contributed by atoms with Gasteiger partial charge in [0.25, 0.3) is 11.8 Å². The summed E-state index contributed by atoms with van der Waals surface area (Å²) in [5.41, 5.74) is 3.73. The second-order valence-corrected chi connectivity index (χ2v) is 7.84. The number of nitrogens with one attached hydrogen (secondary N) is 1. The third-order valence-electron chi connectivity index (χ3n) is 4.77. The van der Waals surface area contributed by atoms with E-state index in [0.717, 1.165) is 18.0 Å². The molecule has 148 valence electrons. The van der Waals surface area contributed by atoms with E-state index in [4.69, 9.17) is 9.15 Å². The summed E-state index contributed by atoms with van der Waals surface area (Å²) in [4.78, 5) is 2.32. The van der Waals surface area contributed by atoms with Crippen LogP contribution in [0.4, 0.5) is 0 Å². The van der Waals surface area contributed by atoms with E-state index < -0.39 is 0 Å². The Morgan fingerprint density at radius 3 is 2.41 bits per heavy atom. The molecule has 0 amide bonds. The third-order valence-corrected chi connectivity index (χ3v) is 5.63. The average Bonchev–Trinajstić information content (AvgIpc) is 3.45. The number of nitrogens with zero attached hydrogens (tertiary/aromatic N) is 2. The number of methoxy groups -OCH3 is 1. The van der Waals surface area contributed by atoms with E-state index in [1.165, 1.54) is 21.6 Å². The van der Waals surface area contributed by atoms with Crippen molar-refractivity contribution in [2.24, 2.45) is 0 Å². The van der Waals surface area contributed by atoms with Crippen LogP contribution in [0.25, 0.3) is 21.9 Å². The van der Waals surface area contributed by atoms with Gasteiger partial charge in [0.15, 0.2) is 6.54 Å². The lowest BCUT2D eigenvalue weighted by Crippen LogP contribution is -3.10. The molecule has 0 fully saturated rings. The van der Waals surface area contributed by atoms with Gasteiger partial charge in [0.1, 0.15) is 13.1 Å². The quantitative estimate of drug-likeness (QED) is 0.461. The maximum Gasteiger partial charge on any atom is 0.271 e. The summed E-state index contributed by atoms with van der Waals surface area (Å²) >= 11 is 1.60. The van der Waals surface area contributed by atoms with Gasteiger partial charge in [0.2, 0.25) is 0 Å². The SMILES string of the molecule is COCC[NH+](Cc1ccc(-c2ccccc2)cc1)Cc1nnc(-c2cccs2)o1. The number of thiophene rings is 1. The van der Waals surface area contributed by atoms with E-state index in [9.17, 15) is 0 Å². The molecular formula is C23H24N3O2S+. The number of rotatable bonds is 9. The van der Waals surface area contributed by atoms with Crippen LogP contribution in [0.3, 0.4) is 0 Å². The number of quaternary nitrogens is 1. The highest BCUT2D eigenvalue weighted by atomic mass is 32.1. The van der Waals surface area contributed by atoms with Crippen molar-refractivity contribution < 1.29 is 14.1 Å². The number of benzene rings is 2. The predicted molar refractivity (Wildman–Crippen MR) is 115 cm³/mol. The van der Waals surface area contributed by atoms with Gasteiger partial charge in [-0.05, 0) is 22.6 Å². The normalized spacial score (nSPS) is 12.2. The van der Waals surface area contributed by atoms with Crippen LogP contribution < -0.4 is 4.90 Å². The number of ether oxygens (including phenoxy) is 1. The summed E-state index contributed by atoms with van der Waals surface area (Å²) in [6.45, 7) is 3.09. The molecule has 0 bridgehead atoms. The minimum Gasteiger partial charge on any atom is -0.414 e. The Morgan fingerprint density at radius 1 is 0.897 bits per heavy atom. The van der Waals surface area contributed by atoms with E-state index in [1.807, 2.05) is 23.6 Å². The summed E-state index contributed by atoms with van der Waals surface area (Å²) in [7, 11) is 1.73. The summed E-state index contributed by atoms with van der Waals surface area (Å²) in [6.07, 6.45) is 0. The molecular weight excluding hydrogens is 382 g/mol. The molecule has 29 heavy (non-hydrogen) atoms. The maximum atomic E-state index is 5.88. The van der Waals surface area contributed by atoms with E-state index in [0.29, 0.717) is 24.9 Å². The van der Waals surface area contributed by atoms with Crippen LogP contribution in [0.1, 0.15) is 11.5 Å². The van der Waals surface area contributed by atoms with E-state index in [1.54, 1.807) is 18.4 Å². The zero-order chi connectivity index (χ0) is 19.9. The fraction of sp³-hybridized carbons (Fsp3) is 0.217. The first-order valence-electron chi connectivity index (χ1n) is 9.65. The molecule has 6 heteroatoms. The molecule has 2 aromatic carbocycles. The van der Waals surface area contributed by atoms with Gasteiger partial charge in [-0.2, -0.15) is 0 Å². The molecule has 5 nitrogen and oxygen atoms in total. The first kappa shape index (κ1) is 19.5. The lowest BCUT2D eigenvalue weighted by Gasteiger charge is -2.17. The van der Waals surface area contributed by atoms with Crippen LogP contribution in [0.5, 0.6) is 0 Å². The van der Waals surface area contributed by atoms with Crippen LogP contribution in [-0.2, 0) is 17.8 Å². The predicted octanol–water partition coefficient (Wildman–Crippen LogP) is 3.70. The van der Waals surface area contributed by atoms with Crippen molar-refractivity contribution in [2.75, 3.05) is 20.3 Å². The fourth-order valence-electron chi connectivity index (χ4n) is 3.26. The van der Waals surface area contributed by atoms with Crippen molar-refractivity contribution >= 4 is 11.3 Å². The summed E-state index contributed by atoms with van der Waals surface area (Å²) in [5.74, 6) is 1.24. The van der Waals surface area contributed by atoms with Crippen LogP contribution in [0, 0.1) is 0 Å². The van der Waals surface area contributed by atoms with Crippen LogP contribution in [0.15, 0.2) is 76.5 Å². The van der Waals surface area contributed by atoms with E-state index in [2.05, 4.69) is 58.7 Å². The number of aromatic nitrogens is 2. The molecule has 0 aliphatic rings.